The summed E-state index contributed by atoms with van der Waals surface area (Å²) < 4.78 is 5.86. The lowest BCUT2D eigenvalue weighted by Gasteiger charge is -2.15. The van der Waals surface area contributed by atoms with Gasteiger partial charge in [-0.3, -0.25) is 0 Å². The number of para-hydroxylation sites is 1. The van der Waals surface area contributed by atoms with Gasteiger partial charge < -0.3 is 10.1 Å². The Kier molecular flexibility index (Phi) is 3.65. The molecule has 1 aromatic rings. The van der Waals surface area contributed by atoms with Crippen molar-refractivity contribution in [3.8, 4) is 5.75 Å². The van der Waals surface area contributed by atoms with E-state index in [2.05, 4.69) is 65.1 Å². The lowest BCUT2D eigenvalue weighted by molar-refractivity contribution is 0.239. The summed E-state index contributed by atoms with van der Waals surface area (Å²) in [5, 5.41) is 3.69. The molecule has 0 bridgehead atoms. The molecule has 0 spiro atoms. The van der Waals surface area contributed by atoms with E-state index in [-0.39, 0.29) is 6.10 Å². The van der Waals surface area contributed by atoms with Gasteiger partial charge in [0.15, 0.2) is 0 Å². The molecule has 1 saturated carbocycles. The zero-order valence-corrected chi connectivity index (χ0v) is 13.1. The van der Waals surface area contributed by atoms with Crippen molar-refractivity contribution >= 4 is 0 Å². The summed E-state index contributed by atoms with van der Waals surface area (Å²) in [6, 6.07) is 8.89. The van der Waals surface area contributed by atoms with Crippen LogP contribution in [0, 0.1) is 10.8 Å². The molecular weight excluding hydrogens is 234 g/mol. The molecule has 0 aliphatic heterocycles. The van der Waals surface area contributed by atoms with Crippen LogP contribution in [0.15, 0.2) is 24.3 Å². The molecule has 0 amide bonds. The van der Waals surface area contributed by atoms with Crippen LogP contribution in [0.5, 0.6) is 5.75 Å². The summed E-state index contributed by atoms with van der Waals surface area (Å²) in [7, 11) is 0. The van der Waals surface area contributed by atoms with Crippen LogP contribution in [-0.2, 0) is 6.54 Å². The van der Waals surface area contributed by atoms with Crippen LogP contribution in [-0.4, -0.2) is 12.1 Å². The maximum atomic E-state index is 5.86. The summed E-state index contributed by atoms with van der Waals surface area (Å²) in [6.07, 6.45) is 0.218. The predicted octanol–water partition coefficient (Wildman–Crippen LogP) is 4.00. The van der Waals surface area contributed by atoms with Crippen molar-refractivity contribution in [1.82, 2.24) is 5.32 Å². The summed E-state index contributed by atoms with van der Waals surface area (Å²) in [4.78, 5) is 0. The summed E-state index contributed by atoms with van der Waals surface area (Å²) >= 11 is 0. The van der Waals surface area contributed by atoms with E-state index in [4.69, 9.17) is 4.74 Å². The van der Waals surface area contributed by atoms with Gasteiger partial charge in [0, 0.05) is 18.2 Å². The molecule has 106 valence electrons. The highest BCUT2D eigenvalue weighted by molar-refractivity contribution is 5.34. The van der Waals surface area contributed by atoms with E-state index in [0.717, 1.165) is 12.3 Å². The van der Waals surface area contributed by atoms with Gasteiger partial charge in [-0.1, -0.05) is 45.9 Å². The van der Waals surface area contributed by atoms with Gasteiger partial charge in [0.25, 0.3) is 0 Å². The monoisotopic (exact) mass is 261 g/mol. The molecule has 1 aliphatic rings. The number of hydrogen-bond donors (Lipinski definition) is 1. The molecule has 1 aliphatic carbocycles. The van der Waals surface area contributed by atoms with Crippen LogP contribution in [0.4, 0.5) is 0 Å². The van der Waals surface area contributed by atoms with Gasteiger partial charge in [0.05, 0.1) is 6.10 Å². The summed E-state index contributed by atoms with van der Waals surface area (Å²) in [5.74, 6) is 1.00. The smallest absolute Gasteiger partial charge is 0.124 e. The van der Waals surface area contributed by atoms with Gasteiger partial charge in [-0.25, -0.2) is 0 Å². The third-order valence-electron chi connectivity index (χ3n) is 4.85. The van der Waals surface area contributed by atoms with Crippen molar-refractivity contribution < 1.29 is 4.74 Å². The maximum absolute atomic E-state index is 5.86. The van der Waals surface area contributed by atoms with E-state index in [1.54, 1.807) is 0 Å². The van der Waals surface area contributed by atoms with Crippen LogP contribution in [0.1, 0.15) is 47.1 Å². The second kappa shape index (κ2) is 4.82. The van der Waals surface area contributed by atoms with Gasteiger partial charge in [0.1, 0.15) is 5.75 Å². The lowest BCUT2D eigenvalue weighted by atomic mass is 10.0. The van der Waals surface area contributed by atoms with Crippen molar-refractivity contribution in [1.29, 1.82) is 0 Å². The Morgan fingerprint density at radius 3 is 2.21 bits per heavy atom. The van der Waals surface area contributed by atoms with Crippen LogP contribution in [0.2, 0.25) is 0 Å². The standard InChI is InChI=1S/C17H27NO/c1-12(2)19-14-10-8-7-9-13(14)11-18-15-16(3,4)17(15,5)6/h7-10,12,15,18H,11H2,1-6H3. The fraction of sp³-hybridized carbons (Fsp3) is 0.647. The molecule has 2 rings (SSSR count). The van der Waals surface area contributed by atoms with Crippen LogP contribution in [0.3, 0.4) is 0 Å². The number of nitrogens with one attached hydrogen (secondary N) is 1. The van der Waals surface area contributed by atoms with Gasteiger partial charge in [-0.15, -0.1) is 0 Å². The highest BCUT2D eigenvalue weighted by Crippen LogP contribution is 2.62. The first kappa shape index (κ1) is 14.4. The first-order valence-electron chi connectivity index (χ1n) is 7.25. The normalized spacial score (nSPS) is 20.6. The van der Waals surface area contributed by atoms with E-state index in [1.165, 1.54) is 5.56 Å². The minimum absolute atomic E-state index is 0.218. The van der Waals surface area contributed by atoms with Crippen molar-refractivity contribution in [3.63, 3.8) is 0 Å². The molecule has 0 atom stereocenters. The zero-order chi connectivity index (χ0) is 14.3. The van der Waals surface area contributed by atoms with E-state index >= 15 is 0 Å². The van der Waals surface area contributed by atoms with E-state index in [1.807, 2.05) is 6.07 Å². The molecule has 1 N–H and O–H groups in total. The zero-order valence-electron chi connectivity index (χ0n) is 13.1. The Morgan fingerprint density at radius 2 is 1.68 bits per heavy atom. The van der Waals surface area contributed by atoms with Gasteiger partial charge in [0.2, 0.25) is 0 Å². The van der Waals surface area contributed by atoms with E-state index < -0.39 is 0 Å². The van der Waals surface area contributed by atoms with Crippen molar-refractivity contribution in [3.05, 3.63) is 29.8 Å². The largest absolute Gasteiger partial charge is 0.491 e. The van der Waals surface area contributed by atoms with Crippen LogP contribution < -0.4 is 10.1 Å². The van der Waals surface area contributed by atoms with Crippen LogP contribution in [0.25, 0.3) is 0 Å². The molecule has 0 heterocycles. The quantitative estimate of drug-likeness (QED) is 0.865. The summed E-state index contributed by atoms with van der Waals surface area (Å²) in [6.45, 7) is 14.3. The summed E-state index contributed by atoms with van der Waals surface area (Å²) in [5.41, 5.74) is 2.00. The fourth-order valence-electron chi connectivity index (χ4n) is 2.94. The second-order valence-electron chi connectivity index (χ2n) is 7.03. The molecule has 0 unspecified atom stereocenters. The number of ether oxygens (including phenoxy) is 1. The SMILES string of the molecule is CC(C)Oc1ccccc1CNC1C(C)(C)C1(C)C. The molecule has 0 radical (unpaired) electrons. The van der Waals surface area contributed by atoms with Crippen molar-refractivity contribution in [2.75, 3.05) is 0 Å². The Labute approximate surface area is 117 Å². The molecule has 0 aromatic heterocycles. The second-order valence-corrected chi connectivity index (χ2v) is 7.03. The first-order chi connectivity index (χ1) is 8.76. The molecule has 1 fully saturated rings. The van der Waals surface area contributed by atoms with E-state index in [0.29, 0.717) is 16.9 Å². The maximum Gasteiger partial charge on any atom is 0.124 e. The molecule has 0 saturated heterocycles. The Bertz CT molecular complexity index is 434. The number of benzene rings is 1. The molecule has 19 heavy (non-hydrogen) atoms. The minimum atomic E-state index is 0.218. The van der Waals surface area contributed by atoms with Gasteiger partial charge in [-0.2, -0.15) is 0 Å². The molecule has 2 heteroatoms. The average Bonchev–Trinajstić information content (AvgIpc) is 2.68. The average molecular weight is 261 g/mol. The Balaban J connectivity index is 2.01. The first-order valence-corrected chi connectivity index (χ1v) is 7.25. The van der Waals surface area contributed by atoms with Crippen molar-refractivity contribution in [2.45, 2.75) is 60.2 Å². The van der Waals surface area contributed by atoms with E-state index in [9.17, 15) is 0 Å². The third kappa shape index (κ3) is 2.64. The Morgan fingerprint density at radius 1 is 1.11 bits per heavy atom. The topological polar surface area (TPSA) is 21.3 Å². The predicted molar refractivity (Wildman–Crippen MR) is 80.4 cm³/mol. The molecule has 2 nitrogen and oxygen atoms in total. The highest BCUT2D eigenvalue weighted by Gasteiger charge is 2.64. The minimum Gasteiger partial charge on any atom is -0.491 e. The third-order valence-corrected chi connectivity index (χ3v) is 4.85. The number of hydrogen-bond acceptors (Lipinski definition) is 2. The lowest BCUT2D eigenvalue weighted by Crippen LogP contribution is -2.22. The number of rotatable bonds is 5. The van der Waals surface area contributed by atoms with Gasteiger partial charge >= 0.3 is 0 Å². The molecule has 1 aromatic carbocycles. The highest BCUT2D eigenvalue weighted by atomic mass is 16.5. The molecular formula is C17H27NO. The fourth-order valence-corrected chi connectivity index (χ4v) is 2.94. The van der Waals surface area contributed by atoms with Crippen LogP contribution >= 0.6 is 0 Å². The Hall–Kier alpha value is -1.02. The van der Waals surface area contributed by atoms with Gasteiger partial charge in [-0.05, 0) is 30.7 Å². The van der Waals surface area contributed by atoms with Crippen molar-refractivity contribution in [2.24, 2.45) is 10.8 Å².